The van der Waals surface area contributed by atoms with Crippen LogP contribution in [-0.2, 0) is 0 Å². The average molecular weight is 197 g/mol. The molecule has 1 heterocycles. The molecule has 0 radical (unpaired) electrons. The smallest absolute Gasteiger partial charge is 0.260 e. The van der Waals surface area contributed by atoms with Gasteiger partial charge in [-0.1, -0.05) is 0 Å². The summed E-state index contributed by atoms with van der Waals surface area (Å²) in [5.74, 6) is -1.15. The topological polar surface area (TPSA) is 93.8 Å². The maximum atomic E-state index is 11.3. The molecule has 0 unspecified atom stereocenters. The van der Waals surface area contributed by atoms with Crippen molar-refractivity contribution in [2.75, 3.05) is 0 Å². The number of carbonyl (C=O) groups is 2. The summed E-state index contributed by atoms with van der Waals surface area (Å²) in [5.41, 5.74) is 0.205. The van der Waals surface area contributed by atoms with Gasteiger partial charge in [-0.3, -0.25) is 14.9 Å². The second-order valence-corrected chi connectivity index (χ2v) is 2.92. The maximum Gasteiger partial charge on any atom is 0.260 e. The summed E-state index contributed by atoms with van der Waals surface area (Å²) >= 11 is 0. The highest BCUT2D eigenvalue weighted by atomic mass is 16.2. The third-order valence-electron chi connectivity index (χ3n) is 2.14. The second-order valence-electron chi connectivity index (χ2n) is 2.92. The molecule has 1 aliphatic heterocycles. The largest absolute Gasteiger partial charge is 0.288 e. The Balaban J connectivity index is 2.85. The fourth-order valence-electron chi connectivity index (χ4n) is 1.47. The number of benzene rings is 1. The number of rotatable bonds is 0. The van der Waals surface area contributed by atoms with Gasteiger partial charge in [-0.2, -0.15) is 10.5 Å². The Kier molecular flexibility index (Phi) is 1.74. The van der Waals surface area contributed by atoms with Crippen LogP contribution in [0.4, 0.5) is 0 Å². The lowest BCUT2D eigenvalue weighted by Gasteiger charge is -1.98. The van der Waals surface area contributed by atoms with Gasteiger partial charge in [0, 0.05) is 0 Å². The molecule has 2 rings (SSSR count). The van der Waals surface area contributed by atoms with Crippen molar-refractivity contribution >= 4 is 11.8 Å². The lowest BCUT2D eigenvalue weighted by molar-refractivity contribution is 0.0879. The molecular weight excluding hydrogens is 194 g/mol. The second kappa shape index (κ2) is 2.93. The zero-order valence-corrected chi connectivity index (χ0v) is 7.37. The monoisotopic (exact) mass is 197 g/mol. The fourth-order valence-corrected chi connectivity index (χ4v) is 1.47. The predicted octanol–water partition coefficient (Wildman–Crippen LogP) is 0.314. The number of nitrogens with one attached hydrogen (secondary N) is 1. The molecule has 0 saturated carbocycles. The number of hydrogen-bond acceptors (Lipinski definition) is 4. The Morgan fingerprint density at radius 2 is 1.80 bits per heavy atom. The van der Waals surface area contributed by atoms with E-state index in [0.717, 1.165) is 0 Å². The molecule has 70 valence electrons. The van der Waals surface area contributed by atoms with Gasteiger partial charge in [0.15, 0.2) is 0 Å². The van der Waals surface area contributed by atoms with Crippen LogP contribution in [0.3, 0.4) is 0 Å². The normalized spacial score (nSPS) is 12.7. The third kappa shape index (κ3) is 1.07. The molecule has 1 aliphatic rings. The van der Waals surface area contributed by atoms with Crippen molar-refractivity contribution in [2.45, 2.75) is 0 Å². The quantitative estimate of drug-likeness (QED) is 0.605. The van der Waals surface area contributed by atoms with Crippen LogP contribution in [0.1, 0.15) is 31.8 Å². The first-order valence-corrected chi connectivity index (χ1v) is 4.02. The highest BCUT2D eigenvalue weighted by Gasteiger charge is 2.30. The number of amides is 2. The van der Waals surface area contributed by atoms with E-state index in [0.29, 0.717) is 0 Å². The summed E-state index contributed by atoms with van der Waals surface area (Å²) in [4.78, 5) is 22.6. The summed E-state index contributed by atoms with van der Waals surface area (Å²) in [7, 11) is 0. The van der Waals surface area contributed by atoms with E-state index in [4.69, 9.17) is 10.5 Å². The van der Waals surface area contributed by atoms with Gasteiger partial charge in [0.05, 0.1) is 22.3 Å². The van der Waals surface area contributed by atoms with E-state index in [9.17, 15) is 9.59 Å². The zero-order chi connectivity index (χ0) is 11.0. The van der Waals surface area contributed by atoms with E-state index in [2.05, 4.69) is 5.32 Å². The number of fused-ring (bicyclic) bond motifs is 1. The van der Waals surface area contributed by atoms with E-state index in [1.807, 2.05) is 0 Å². The molecule has 0 aromatic heterocycles. The van der Waals surface area contributed by atoms with Gasteiger partial charge in [0.1, 0.15) is 12.1 Å². The van der Waals surface area contributed by atoms with Crippen molar-refractivity contribution in [3.63, 3.8) is 0 Å². The first kappa shape index (κ1) is 8.92. The van der Waals surface area contributed by atoms with Gasteiger partial charge in [0.2, 0.25) is 0 Å². The highest BCUT2D eigenvalue weighted by Crippen LogP contribution is 2.22. The van der Waals surface area contributed by atoms with Gasteiger partial charge < -0.3 is 0 Å². The molecule has 5 heteroatoms. The summed E-state index contributed by atoms with van der Waals surface area (Å²) in [6.07, 6.45) is 0. The Labute approximate surface area is 84.5 Å². The number of imide groups is 1. The first-order chi connectivity index (χ1) is 7.19. The molecule has 0 saturated heterocycles. The van der Waals surface area contributed by atoms with E-state index in [1.54, 1.807) is 12.1 Å². The van der Waals surface area contributed by atoms with Crippen molar-refractivity contribution in [1.82, 2.24) is 5.32 Å². The Morgan fingerprint density at radius 3 is 2.40 bits per heavy atom. The lowest BCUT2D eigenvalue weighted by atomic mass is 9.99. The van der Waals surface area contributed by atoms with Gasteiger partial charge in [0.25, 0.3) is 11.8 Å². The number of nitriles is 2. The fraction of sp³-hybridized carbons (Fsp3) is 0. The van der Waals surface area contributed by atoms with Crippen molar-refractivity contribution in [3.8, 4) is 12.1 Å². The van der Waals surface area contributed by atoms with E-state index in [-0.39, 0.29) is 22.3 Å². The number of nitrogens with zero attached hydrogens (tertiary/aromatic N) is 2. The Morgan fingerprint density at radius 1 is 1.07 bits per heavy atom. The molecular formula is C10H3N3O2. The standard InChI is InChI=1S/C10H3N3O2/c11-3-5-1-2-6-8(7(5)4-12)10(15)13-9(6)14/h1-2H,(H,13,14,15). The number of hydrogen-bond donors (Lipinski definition) is 1. The minimum Gasteiger partial charge on any atom is -0.288 e. The van der Waals surface area contributed by atoms with Crippen LogP contribution in [-0.4, -0.2) is 11.8 Å². The average Bonchev–Trinajstić information content (AvgIpc) is 2.53. The zero-order valence-electron chi connectivity index (χ0n) is 7.37. The summed E-state index contributed by atoms with van der Waals surface area (Å²) in [6.45, 7) is 0. The molecule has 0 atom stereocenters. The van der Waals surface area contributed by atoms with Crippen molar-refractivity contribution in [3.05, 3.63) is 34.4 Å². The molecule has 1 aromatic carbocycles. The van der Waals surface area contributed by atoms with Crippen molar-refractivity contribution < 1.29 is 9.59 Å². The summed E-state index contributed by atoms with van der Waals surface area (Å²) < 4.78 is 0. The summed E-state index contributed by atoms with van der Waals surface area (Å²) in [5, 5.41) is 19.6. The van der Waals surface area contributed by atoms with Crippen molar-refractivity contribution in [2.24, 2.45) is 0 Å². The Hall–Kier alpha value is -2.66. The highest BCUT2D eigenvalue weighted by molar-refractivity contribution is 6.22. The molecule has 2 amide bonds. The SMILES string of the molecule is N#Cc1ccc2c(c1C#N)C(=O)NC2=O. The molecule has 0 bridgehead atoms. The molecule has 15 heavy (non-hydrogen) atoms. The van der Waals surface area contributed by atoms with Crippen molar-refractivity contribution in [1.29, 1.82) is 10.5 Å². The molecule has 0 fully saturated rings. The van der Waals surface area contributed by atoms with Crippen LogP contribution in [0.5, 0.6) is 0 Å². The van der Waals surface area contributed by atoms with Crippen LogP contribution < -0.4 is 5.32 Å². The molecule has 1 N–H and O–H groups in total. The van der Waals surface area contributed by atoms with Gasteiger partial charge in [-0.15, -0.1) is 0 Å². The predicted molar refractivity (Wildman–Crippen MR) is 47.7 cm³/mol. The molecule has 5 nitrogen and oxygen atoms in total. The molecule has 0 aliphatic carbocycles. The molecule has 0 spiro atoms. The van der Waals surface area contributed by atoms with Crippen LogP contribution in [0, 0.1) is 22.7 Å². The van der Waals surface area contributed by atoms with Gasteiger partial charge in [-0.25, -0.2) is 0 Å². The van der Waals surface area contributed by atoms with E-state index in [1.165, 1.54) is 12.1 Å². The minimum atomic E-state index is -0.622. The minimum absolute atomic E-state index is 0.00144. The lowest BCUT2D eigenvalue weighted by Crippen LogP contribution is -2.20. The van der Waals surface area contributed by atoms with Crippen LogP contribution in [0.15, 0.2) is 12.1 Å². The number of carbonyl (C=O) groups excluding carboxylic acids is 2. The first-order valence-electron chi connectivity index (χ1n) is 4.02. The van der Waals surface area contributed by atoms with E-state index < -0.39 is 11.8 Å². The third-order valence-corrected chi connectivity index (χ3v) is 2.14. The molecule has 1 aromatic rings. The van der Waals surface area contributed by atoms with Crippen LogP contribution in [0.25, 0.3) is 0 Å². The maximum absolute atomic E-state index is 11.3. The van der Waals surface area contributed by atoms with Crippen LogP contribution in [0.2, 0.25) is 0 Å². The Bertz CT molecular complexity index is 576. The van der Waals surface area contributed by atoms with Gasteiger partial charge in [-0.05, 0) is 12.1 Å². The van der Waals surface area contributed by atoms with Gasteiger partial charge >= 0.3 is 0 Å². The van der Waals surface area contributed by atoms with E-state index >= 15 is 0 Å². The van der Waals surface area contributed by atoms with Crippen LogP contribution >= 0.6 is 0 Å². The summed E-state index contributed by atoms with van der Waals surface area (Å²) in [6, 6.07) is 6.29.